The van der Waals surface area contributed by atoms with Crippen molar-refractivity contribution >= 4 is 18.5 Å². The number of benzene rings is 1. The number of nitrogens with two attached hydrogens (primary N) is 1. The molecule has 0 amide bonds. The Morgan fingerprint density at radius 3 is 2.59 bits per heavy atom. The summed E-state index contributed by atoms with van der Waals surface area (Å²) in [5.74, 6) is 0.579. The molecule has 0 unspecified atom stereocenters. The highest BCUT2D eigenvalue weighted by Crippen LogP contribution is 2.38. The average Bonchev–Trinajstić information content (AvgIpc) is 3.03. The maximum absolute atomic E-state index is 5.91. The van der Waals surface area contributed by atoms with Crippen LogP contribution in [-0.2, 0) is 4.74 Å². The third-order valence-corrected chi connectivity index (χ3v) is 3.06. The molecule has 17 heavy (non-hydrogen) atoms. The maximum Gasteiger partial charge on any atom is 0.0499 e. The lowest BCUT2D eigenvalue weighted by atomic mass is 10.0. The first-order valence-corrected chi connectivity index (χ1v) is 5.81. The molecule has 2 N–H and O–H groups in total. The lowest BCUT2D eigenvalue weighted by Crippen LogP contribution is -2.05. The monoisotopic (exact) mass is 253 g/mol. The molecule has 94 valence electrons. The Kier molecular flexibility index (Phi) is 5.69. The molecular formula is C14H20ClNO. The second-order valence-corrected chi connectivity index (χ2v) is 4.38. The van der Waals surface area contributed by atoms with E-state index < -0.39 is 0 Å². The second-order valence-electron chi connectivity index (χ2n) is 4.38. The van der Waals surface area contributed by atoms with Gasteiger partial charge in [0.25, 0.3) is 0 Å². The lowest BCUT2D eigenvalue weighted by molar-refractivity contribution is 0.201. The van der Waals surface area contributed by atoms with Gasteiger partial charge in [-0.25, -0.2) is 0 Å². The molecular weight excluding hydrogens is 234 g/mol. The number of hydrogen-bond donors (Lipinski definition) is 1. The summed E-state index contributed by atoms with van der Waals surface area (Å²) in [4.78, 5) is 0. The molecule has 0 heterocycles. The first kappa shape index (κ1) is 14.2. The molecule has 0 saturated heterocycles. The van der Waals surface area contributed by atoms with Crippen molar-refractivity contribution in [1.82, 2.24) is 0 Å². The molecule has 0 radical (unpaired) electrons. The summed E-state index contributed by atoms with van der Waals surface area (Å²) < 4.78 is 5.14. The first-order chi connectivity index (χ1) is 7.81. The standard InChI is InChI=1S/C14H19NO.ClH/c1-16-8-7-12(13-10-14(13)15)9-11-5-3-2-4-6-11;/h2-6,9,13-14H,7-8,10,15H2,1H3;1H/t13-,14+;/m0./s1. The van der Waals surface area contributed by atoms with E-state index in [4.69, 9.17) is 10.5 Å². The van der Waals surface area contributed by atoms with Crippen LogP contribution in [0.2, 0.25) is 0 Å². The average molecular weight is 254 g/mol. The highest BCUT2D eigenvalue weighted by Gasteiger charge is 2.35. The van der Waals surface area contributed by atoms with Crippen LogP contribution in [0.5, 0.6) is 0 Å². The van der Waals surface area contributed by atoms with Crippen molar-refractivity contribution in [2.75, 3.05) is 13.7 Å². The second kappa shape index (κ2) is 6.80. The van der Waals surface area contributed by atoms with E-state index in [0.717, 1.165) is 19.4 Å². The van der Waals surface area contributed by atoms with Gasteiger partial charge in [0.1, 0.15) is 0 Å². The van der Waals surface area contributed by atoms with E-state index in [1.807, 2.05) is 6.07 Å². The summed E-state index contributed by atoms with van der Waals surface area (Å²) in [5, 5.41) is 0. The number of rotatable bonds is 5. The zero-order valence-corrected chi connectivity index (χ0v) is 11.0. The number of methoxy groups -OCH3 is 1. The Bertz CT molecular complexity index is 364. The highest BCUT2D eigenvalue weighted by molar-refractivity contribution is 5.85. The molecule has 1 aliphatic carbocycles. The molecule has 2 atom stereocenters. The van der Waals surface area contributed by atoms with Crippen LogP contribution in [0.4, 0.5) is 0 Å². The number of halogens is 1. The quantitative estimate of drug-likeness (QED) is 0.876. The molecule has 1 fully saturated rings. The molecule has 0 bridgehead atoms. The minimum atomic E-state index is 0. The fourth-order valence-electron chi connectivity index (χ4n) is 1.99. The molecule has 2 nitrogen and oxygen atoms in total. The minimum absolute atomic E-state index is 0. The van der Waals surface area contributed by atoms with Crippen molar-refractivity contribution in [2.24, 2.45) is 11.7 Å². The van der Waals surface area contributed by atoms with Gasteiger partial charge in [0.15, 0.2) is 0 Å². The van der Waals surface area contributed by atoms with E-state index in [9.17, 15) is 0 Å². The number of hydrogen-bond acceptors (Lipinski definition) is 2. The van der Waals surface area contributed by atoms with E-state index >= 15 is 0 Å². The molecule has 0 aliphatic heterocycles. The molecule has 1 aromatic rings. The van der Waals surface area contributed by atoms with Crippen LogP contribution in [-0.4, -0.2) is 19.8 Å². The van der Waals surface area contributed by atoms with Crippen LogP contribution >= 0.6 is 12.4 Å². The predicted octanol–water partition coefficient (Wildman–Crippen LogP) is 2.88. The zero-order chi connectivity index (χ0) is 11.4. The molecule has 0 spiro atoms. The first-order valence-electron chi connectivity index (χ1n) is 5.81. The van der Waals surface area contributed by atoms with Gasteiger partial charge in [0.05, 0.1) is 0 Å². The Labute approximate surface area is 109 Å². The van der Waals surface area contributed by atoms with Crippen molar-refractivity contribution in [1.29, 1.82) is 0 Å². The third-order valence-electron chi connectivity index (χ3n) is 3.06. The van der Waals surface area contributed by atoms with E-state index in [0.29, 0.717) is 12.0 Å². The Morgan fingerprint density at radius 2 is 2.06 bits per heavy atom. The van der Waals surface area contributed by atoms with Gasteiger partial charge in [-0.05, 0) is 24.3 Å². The predicted molar refractivity (Wildman–Crippen MR) is 74.2 cm³/mol. The van der Waals surface area contributed by atoms with Gasteiger partial charge >= 0.3 is 0 Å². The number of ether oxygens (including phenoxy) is 1. The van der Waals surface area contributed by atoms with E-state index in [1.54, 1.807) is 7.11 Å². The van der Waals surface area contributed by atoms with Crippen molar-refractivity contribution < 1.29 is 4.74 Å². The Hall–Kier alpha value is -0.830. The van der Waals surface area contributed by atoms with Gasteiger partial charge in [-0.15, -0.1) is 12.4 Å². The fraction of sp³-hybridized carbons (Fsp3) is 0.429. The van der Waals surface area contributed by atoms with Crippen LogP contribution in [0.25, 0.3) is 6.08 Å². The summed E-state index contributed by atoms with van der Waals surface area (Å²) in [6.45, 7) is 0.780. The molecule has 1 aliphatic rings. The van der Waals surface area contributed by atoms with Gasteiger partial charge in [-0.1, -0.05) is 42.0 Å². The van der Waals surface area contributed by atoms with E-state index in [1.165, 1.54) is 11.1 Å². The van der Waals surface area contributed by atoms with E-state index in [2.05, 4.69) is 30.3 Å². The van der Waals surface area contributed by atoms with Crippen molar-refractivity contribution in [3.8, 4) is 0 Å². The minimum Gasteiger partial charge on any atom is -0.384 e. The topological polar surface area (TPSA) is 35.2 Å². The smallest absolute Gasteiger partial charge is 0.0499 e. The van der Waals surface area contributed by atoms with Gasteiger partial charge in [-0.2, -0.15) is 0 Å². The SMILES string of the molecule is COCCC(=Cc1ccccc1)[C@@H]1C[C@H]1N.Cl. The van der Waals surface area contributed by atoms with Crippen LogP contribution in [0.1, 0.15) is 18.4 Å². The van der Waals surface area contributed by atoms with E-state index in [-0.39, 0.29) is 12.4 Å². The normalized spacial score (nSPS) is 23.1. The summed E-state index contributed by atoms with van der Waals surface area (Å²) in [5.41, 5.74) is 8.60. The van der Waals surface area contributed by atoms with Gasteiger partial charge in [0, 0.05) is 19.8 Å². The third kappa shape index (κ3) is 4.15. The Balaban J connectivity index is 0.00000144. The molecule has 1 aromatic carbocycles. The fourth-order valence-corrected chi connectivity index (χ4v) is 1.99. The summed E-state index contributed by atoms with van der Waals surface area (Å²) in [7, 11) is 1.74. The van der Waals surface area contributed by atoms with Crippen molar-refractivity contribution in [3.63, 3.8) is 0 Å². The summed E-state index contributed by atoms with van der Waals surface area (Å²) in [6, 6.07) is 10.8. The summed E-state index contributed by atoms with van der Waals surface area (Å²) >= 11 is 0. The highest BCUT2D eigenvalue weighted by atomic mass is 35.5. The molecule has 0 aromatic heterocycles. The zero-order valence-electron chi connectivity index (χ0n) is 10.1. The van der Waals surface area contributed by atoms with Gasteiger partial charge in [0.2, 0.25) is 0 Å². The van der Waals surface area contributed by atoms with Gasteiger partial charge < -0.3 is 10.5 Å². The van der Waals surface area contributed by atoms with Crippen molar-refractivity contribution in [3.05, 3.63) is 41.5 Å². The Morgan fingerprint density at radius 1 is 1.41 bits per heavy atom. The van der Waals surface area contributed by atoms with Crippen LogP contribution < -0.4 is 5.73 Å². The van der Waals surface area contributed by atoms with Crippen LogP contribution in [0, 0.1) is 5.92 Å². The van der Waals surface area contributed by atoms with Crippen molar-refractivity contribution in [2.45, 2.75) is 18.9 Å². The maximum atomic E-state index is 5.91. The largest absolute Gasteiger partial charge is 0.384 e. The summed E-state index contributed by atoms with van der Waals surface area (Å²) in [6.07, 6.45) is 4.38. The molecule has 1 saturated carbocycles. The van der Waals surface area contributed by atoms with Gasteiger partial charge in [-0.3, -0.25) is 0 Å². The molecule has 3 heteroatoms. The molecule has 2 rings (SSSR count). The van der Waals surface area contributed by atoms with Crippen LogP contribution in [0.15, 0.2) is 35.9 Å². The lowest BCUT2D eigenvalue weighted by Gasteiger charge is -2.06. The van der Waals surface area contributed by atoms with Crippen LogP contribution in [0.3, 0.4) is 0 Å².